The molecular weight excluding hydrogens is 198 g/mol. The van der Waals surface area contributed by atoms with E-state index in [1.165, 1.54) is 32.1 Å². The SMILES string of the molecule is CCCCCCC/C=N\c1ccc(O)cc1. The van der Waals surface area contributed by atoms with Crippen LogP contribution in [0, 0.1) is 0 Å². The number of aromatic hydroxyl groups is 1. The summed E-state index contributed by atoms with van der Waals surface area (Å²) in [6.45, 7) is 2.23. The number of phenols is 1. The fourth-order valence-electron chi connectivity index (χ4n) is 1.55. The van der Waals surface area contributed by atoms with Gasteiger partial charge in [-0.05, 0) is 37.1 Å². The Balaban J connectivity index is 2.14. The Morgan fingerprint density at radius 2 is 1.75 bits per heavy atom. The Bertz CT molecular complexity index is 303. The van der Waals surface area contributed by atoms with Gasteiger partial charge in [-0.25, -0.2) is 0 Å². The highest BCUT2D eigenvalue weighted by molar-refractivity contribution is 5.63. The number of rotatable bonds is 7. The van der Waals surface area contributed by atoms with Gasteiger partial charge in [0, 0.05) is 6.21 Å². The van der Waals surface area contributed by atoms with Crippen molar-refractivity contribution in [3.8, 4) is 5.75 Å². The van der Waals surface area contributed by atoms with E-state index in [9.17, 15) is 0 Å². The molecule has 0 heterocycles. The first-order valence-corrected chi connectivity index (χ1v) is 6.14. The third-order valence-electron chi connectivity index (χ3n) is 2.53. The second kappa shape index (κ2) is 7.91. The van der Waals surface area contributed by atoms with Crippen molar-refractivity contribution in [2.24, 2.45) is 4.99 Å². The Labute approximate surface area is 98.0 Å². The Morgan fingerprint density at radius 1 is 1.06 bits per heavy atom. The molecule has 88 valence electrons. The first-order valence-electron chi connectivity index (χ1n) is 6.14. The van der Waals surface area contributed by atoms with Crippen molar-refractivity contribution in [2.45, 2.75) is 45.4 Å². The van der Waals surface area contributed by atoms with E-state index in [-0.39, 0.29) is 0 Å². The minimum Gasteiger partial charge on any atom is -0.508 e. The maximum Gasteiger partial charge on any atom is 0.115 e. The van der Waals surface area contributed by atoms with E-state index in [0.717, 1.165) is 12.1 Å². The minimum absolute atomic E-state index is 0.290. The summed E-state index contributed by atoms with van der Waals surface area (Å²) in [5.74, 6) is 0.290. The van der Waals surface area contributed by atoms with Gasteiger partial charge in [-0.15, -0.1) is 0 Å². The predicted octanol–water partition coefficient (Wildman–Crippen LogP) is 4.46. The van der Waals surface area contributed by atoms with Crippen molar-refractivity contribution in [2.75, 3.05) is 0 Å². The van der Waals surface area contributed by atoms with E-state index >= 15 is 0 Å². The molecule has 0 saturated carbocycles. The molecule has 0 radical (unpaired) electrons. The van der Waals surface area contributed by atoms with Crippen LogP contribution in [0.15, 0.2) is 29.3 Å². The van der Waals surface area contributed by atoms with E-state index in [1.54, 1.807) is 12.1 Å². The molecule has 0 atom stereocenters. The smallest absolute Gasteiger partial charge is 0.115 e. The Morgan fingerprint density at radius 3 is 2.44 bits per heavy atom. The zero-order valence-electron chi connectivity index (χ0n) is 10.0. The lowest BCUT2D eigenvalue weighted by molar-refractivity contribution is 0.475. The van der Waals surface area contributed by atoms with Crippen molar-refractivity contribution in [1.29, 1.82) is 0 Å². The number of hydrogen-bond acceptors (Lipinski definition) is 2. The normalized spacial score (nSPS) is 11.1. The molecule has 1 N–H and O–H groups in total. The molecule has 0 fully saturated rings. The molecule has 16 heavy (non-hydrogen) atoms. The minimum atomic E-state index is 0.290. The molecular formula is C14H21NO. The van der Waals surface area contributed by atoms with Crippen LogP contribution in [0.5, 0.6) is 5.75 Å². The lowest BCUT2D eigenvalue weighted by Crippen LogP contribution is -1.79. The number of hydrogen-bond donors (Lipinski definition) is 1. The lowest BCUT2D eigenvalue weighted by atomic mass is 10.1. The molecule has 0 amide bonds. The van der Waals surface area contributed by atoms with Gasteiger partial charge in [0.25, 0.3) is 0 Å². The number of aliphatic imine (C=N–C) groups is 1. The molecule has 0 saturated heterocycles. The molecule has 0 spiro atoms. The fraction of sp³-hybridized carbons (Fsp3) is 0.500. The summed E-state index contributed by atoms with van der Waals surface area (Å²) in [6, 6.07) is 6.97. The van der Waals surface area contributed by atoms with Crippen LogP contribution < -0.4 is 0 Å². The molecule has 0 aliphatic rings. The van der Waals surface area contributed by atoms with Gasteiger partial charge in [-0.3, -0.25) is 4.99 Å². The molecule has 0 aliphatic heterocycles. The average molecular weight is 219 g/mol. The van der Waals surface area contributed by atoms with Gasteiger partial charge in [0.2, 0.25) is 0 Å². The van der Waals surface area contributed by atoms with Gasteiger partial charge in [-0.2, -0.15) is 0 Å². The summed E-state index contributed by atoms with van der Waals surface area (Å²) >= 11 is 0. The van der Waals surface area contributed by atoms with Crippen LogP contribution in [0.1, 0.15) is 45.4 Å². The Kier molecular flexibility index (Phi) is 6.31. The first kappa shape index (κ1) is 12.8. The molecule has 1 aromatic rings. The van der Waals surface area contributed by atoms with Gasteiger partial charge in [0.15, 0.2) is 0 Å². The van der Waals surface area contributed by atoms with Crippen molar-refractivity contribution in [3.63, 3.8) is 0 Å². The topological polar surface area (TPSA) is 32.6 Å². The molecule has 0 bridgehead atoms. The van der Waals surface area contributed by atoms with Gasteiger partial charge in [0.05, 0.1) is 5.69 Å². The van der Waals surface area contributed by atoms with Crippen LogP contribution in [0.2, 0.25) is 0 Å². The zero-order valence-corrected chi connectivity index (χ0v) is 10.0. The van der Waals surface area contributed by atoms with Crippen molar-refractivity contribution < 1.29 is 5.11 Å². The van der Waals surface area contributed by atoms with E-state index in [4.69, 9.17) is 5.11 Å². The highest BCUT2D eigenvalue weighted by Gasteiger charge is 1.89. The maximum absolute atomic E-state index is 9.10. The first-order chi connectivity index (χ1) is 7.83. The van der Waals surface area contributed by atoms with Crippen molar-refractivity contribution in [3.05, 3.63) is 24.3 Å². The molecule has 0 unspecified atom stereocenters. The van der Waals surface area contributed by atoms with Crippen LogP contribution in [0.25, 0.3) is 0 Å². The molecule has 0 aromatic heterocycles. The van der Waals surface area contributed by atoms with Crippen LogP contribution >= 0.6 is 0 Å². The monoisotopic (exact) mass is 219 g/mol. The summed E-state index contributed by atoms with van der Waals surface area (Å²) in [6.07, 6.45) is 9.51. The van der Waals surface area contributed by atoms with Crippen LogP contribution in [-0.2, 0) is 0 Å². The second-order valence-corrected chi connectivity index (χ2v) is 4.03. The lowest BCUT2D eigenvalue weighted by Gasteiger charge is -1.96. The van der Waals surface area contributed by atoms with E-state index in [2.05, 4.69) is 11.9 Å². The van der Waals surface area contributed by atoms with Gasteiger partial charge in [0.1, 0.15) is 5.75 Å². The largest absolute Gasteiger partial charge is 0.508 e. The zero-order chi connectivity index (χ0) is 11.6. The standard InChI is InChI=1S/C14H21NO/c1-2-3-4-5-6-7-12-15-13-8-10-14(16)11-9-13/h8-12,16H,2-7H2,1H3/b15-12-. The quantitative estimate of drug-likeness (QED) is 0.533. The third kappa shape index (κ3) is 5.54. The van der Waals surface area contributed by atoms with Crippen LogP contribution in [0.4, 0.5) is 5.69 Å². The number of benzene rings is 1. The Hall–Kier alpha value is -1.31. The second-order valence-electron chi connectivity index (χ2n) is 4.03. The van der Waals surface area contributed by atoms with Crippen molar-refractivity contribution >= 4 is 11.9 Å². The predicted molar refractivity (Wildman–Crippen MR) is 69.6 cm³/mol. The third-order valence-corrected chi connectivity index (χ3v) is 2.53. The van der Waals surface area contributed by atoms with Gasteiger partial charge in [-0.1, -0.05) is 32.6 Å². The van der Waals surface area contributed by atoms with Gasteiger partial charge < -0.3 is 5.11 Å². The summed E-state index contributed by atoms with van der Waals surface area (Å²) in [5, 5.41) is 9.10. The van der Waals surface area contributed by atoms with Crippen LogP contribution in [0.3, 0.4) is 0 Å². The molecule has 0 aliphatic carbocycles. The molecule has 2 heteroatoms. The number of nitrogens with zero attached hydrogens (tertiary/aromatic N) is 1. The summed E-state index contributed by atoms with van der Waals surface area (Å²) in [5.41, 5.74) is 0.909. The summed E-state index contributed by atoms with van der Waals surface area (Å²) in [4.78, 5) is 4.33. The molecule has 1 aromatic carbocycles. The summed E-state index contributed by atoms with van der Waals surface area (Å²) in [7, 11) is 0. The average Bonchev–Trinajstić information content (AvgIpc) is 2.30. The summed E-state index contributed by atoms with van der Waals surface area (Å²) < 4.78 is 0. The highest BCUT2D eigenvalue weighted by atomic mass is 16.3. The van der Waals surface area contributed by atoms with E-state index in [1.807, 2.05) is 18.3 Å². The number of phenolic OH excluding ortho intramolecular Hbond substituents is 1. The highest BCUT2D eigenvalue weighted by Crippen LogP contribution is 2.16. The van der Waals surface area contributed by atoms with Crippen LogP contribution in [-0.4, -0.2) is 11.3 Å². The van der Waals surface area contributed by atoms with E-state index < -0.39 is 0 Å². The van der Waals surface area contributed by atoms with Gasteiger partial charge >= 0.3 is 0 Å². The van der Waals surface area contributed by atoms with E-state index in [0.29, 0.717) is 5.75 Å². The fourth-order valence-corrected chi connectivity index (χ4v) is 1.55. The molecule has 2 nitrogen and oxygen atoms in total. The van der Waals surface area contributed by atoms with Crippen molar-refractivity contribution in [1.82, 2.24) is 0 Å². The maximum atomic E-state index is 9.10. The number of unbranched alkanes of at least 4 members (excludes halogenated alkanes) is 5. The molecule has 1 rings (SSSR count).